The van der Waals surface area contributed by atoms with Crippen molar-refractivity contribution in [3.8, 4) is 0 Å². The van der Waals surface area contributed by atoms with Crippen molar-refractivity contribution < 1.29 is 32.2 Å². The Bertz CT molecular complexity index is 263. The van der Waals surface area contributed by atoms with Gasteiger partial charge in [-0.2, -0.15) is 0 Å². The molecule has 0 fully saturated rings. The van der Waals surface area contributed by atoms with E-state index in [-0.39, 0.29) is 32.2 Å². The SMILES string of the molecule is CCCCCCCCCCCCCCCC[N+](CCO)(CCO)CCO.[Cl-]. The first kappa shape index (κ1) is 29.3. The summed E-state index contributed by atoms with van der Waals surface area (Å²) in [6, 6.07) is 0. The van der Waals surface area contributed by atoms with Gasteiger partial charge in [-0.05, 0) is 12.8 Å². The molecule has 0 aromatic rings. The minimum Gasteiger partial charge on any atom is -1.00 e. The van der Waals surface area contributed by atoms with Crippen LogP contribution in [-0.2, 0) is 0 Å². The number of nitrogens with zero attached hydrogens (tertiary/aromatic N) is 1. The lowest BCUT2D eigenvalue weighted by atomic mass is 10.0. The van der Waals surface area contributed by atoms with Crippen molar-refractivity contribution >= 4 is 0 Å². The van der Waals surface area contributed by atoms with Crippen LogP contribution in [0.4, 0.5) is 0 Å². The predicted octanol–water partition coefficient (Wildman–Crippen LogP) is 1.27. The van der Waals surface area contributed by atoms with E-state index < -0.39 is 0 Å². The van der Waals surface area contributed by atoms with Crippen LogP contribution in [0, 0.1) is 0 Å². The molecule has 0 aliphatic heterocycles. The van der Waals surface area contributed by atoms with Gasteiger partial charge in [0.1, 0.15) is 19.6 Å². The summed E-state index contributed by atoms with van der Waals surface area (Å²) in [7, 11) is 0. The Hall–Kier alpha value is 0.130. The van der Waals surface area contributed by atoms with Crippen molar-refractivity contribution in [2.45, 2.75) is 96.8 Å². The summed E-state index contributed by atoms with van der Waals surface area (Å²) in [6.07, 6.45) is 19.0. The molecule has 0 rings (SSSR count). The normalized spacial score (nSPS) is 11.6. The van der Waals surface area contributed by atoms with Gasteiger partial charge in [0, 0.05) is 0 Å². The van der Waals surface area contributed by atoms with Crippen LogP contribution in [0.5, 0.6) is 0 Å². The Morgan fingerprint density at radius 3 is 1.04 bits per heavy atom. The number of unbranched alkanes of at least 4 members (excludes halogenated alkanes) is 13. The zero-order valence-corrected chi connectivity index (χ0v) is 18.8. The van der Waals surface area contributed by atoms with Crippen LogP contribution < -0.4 is 12.4 Å². The zero-order valence-electron chi connectivity index (χ0n) is 18.0. The Balaban J connectivity index is 0. The van der Waals surface area contributed by atoms with Crippen LogP contribution in [-0.4, -0.2) is 65.8 Å². The highest BCUT2D eigenvalue weighted by Crippen LogP contribution is 2.14. The molecular weight excluding hydrogens is 362 g/mol. The summed E-state index contributed by atoms with van der Waals surface area (Å²) < 4.78 is 0.655. The minimum atomic E-state index is 0. The van der Waals surface area contributed by atoms with E-state index in [1.165, 1.54) is 83.5 Å². The van der Waals surface area contributed by atoms with Gasteiger partial charge < -0.3 is 32.2 Å². The molecule has 0 unspecified atom stereocenters. The number of quaternary nitrogens is 1. The molecule has 27 heavy (non-hydrogen) atoms. The molecule has 166 valence electrons. The van der Waals surface area contributed by atoms with Gasteiger partial charge in [0.05, 0.1) is 26.4 Å². The van der Waals surface area contributed by atoms with E-state index in [9.17, 15) is 15.3 Å². The standard InChI is InChI=1S/C22H48NO3.ClH/c1-2-3-4-5-6-7-8-9-10-11-12-13-14-15-16-23(17-20-24,18-21-25)19-22-26;/h24-26H,2-22H2,1H3;1H/q+1;/p-1. The maximum absolute atomic E-state index is 9.29. The van der Waals surface area contributed by atoms with Gasteiger partial charge in [0.15, 0.2) is 0 Å². The third-order valence-electron chi connectivity index (χ3n) is 5.71. The average molecular weight is 410 g/mol. The lowest BCUT2D eigenvalue weighted by Gasteiger charge is -2.37. The summed E-state index contributed by atoms with van der Waals surface area (Å²) in [6.45, 7) is 5.52. The van der Waals surface area contributed by atoms with E-state index in [1.54, 1.807) is 0 Å². The summed E-state index contributed by atoms with van der Waals surface area (Å²) >= 11 is 0. The zero-order chi connectivity index (χ0) is 19.3. The Morgan fingerprint density at radius 1 is 0.444 bits per heavy atom. The molecule has 0 aliphatic carbocycles. The molecule has 0 saturated heterocycles. The lowest BCUT2D eigenvalue weighted by molar-refractivity contribution is -0.929. The maximum Gasteiger partial charge on any atom is 0.102 e. The van der Waals surface area contributed by atoms with Crippen molar-refractivity contribution in [2.24, 2.45) is 0 Å². The molecule has 0 saturated carbocycles. The molecule has 0 amide bonds. The van der Waals surface area contributed by atoms with Crippen LogP contribution in [0.25, 0.3) is 0 Å². The van der Waals surface area contributed by atoms with Gasteiger partial charge in [-0.1, -0.05) is 84.0 Å². The number of rotatable bonds is 21. The van der Waals surface area contributed by atoms with E-state index >= 15 is 0 Å². The number of hydrogen-bond donors (Lipinski definition) is 3. The molecule has 4 nitrogen and oxygen atoms in total. The molecule has 5 heteroatoms. The van der Waals surface area contributed by atoms with Crippen molar-refractivity contribution in [1.29, 1.82) is 0 Å². The van der Waals surface area contributed by atoms with Crippen LogP contribution >= 0.6 is 0 Å². The van der Waals surface area contributed by atoms with E-state index in [0.29, 0.717) is 24.1 Å². The topological polar surface area (TPSA) is 60.7 Å². The molecule has 0 aliphatic rings. The van der Waals surface area contributed by atoms with E-state index in [4.69, 9.17) is 0 Å². The smallest absolute Gasteiger partial charge is 0.102 e. The fourth-order valence-electron chi connectivity index (χ4n) is 3.95. The van der Waals surface area contributed by atoms with Crippen LogP contribution in [0.2, 0.25) is 0 Å². The fourth-order valence-corrected chi connectivity index (χ4v) is 3.95. The number of hydrogen-bond acceptors (Lipinski definition) is 3. The van der Waals surface area contributed by atoms with Gasteiger partial charge in [0.2, 0.25) is 0 Å². The first-order valence-electron chi connectivity index (χ1n) is 11.4. The van der Waals surface area contributed by atoms with E-state index in [2.05, 4.69) is 6.92 Å². The number of aliphatic hydroxyl groups is 3. The van der Waals surface area contributed by atoms with Crippen LogP contribution in [0.3, 0.4) is 0 Å². The monoisotopic (exact) mass is 409 g/mol. The van der Waals surface area contributed by atoms with Crippen molar-refractivity contribution in [3.05, 3.63) is 0 Å². The molecular formula is C22H48ClNO3. The quantitative estimate of drug-likeness (QED) is 0.197. The molecule has 0 atom stereocenters. The molecule has 0 heterocycles. The van der Waals surface area contributed by atoms with Crippen molar-refractivity contribution in [2.75, 3.05) is 46.0 Å². The first-order chi connectivity index (χ1) is 12.7. The third-order valence-corrected chi connectivity index (χ3v) is 5.71. The largest absolute Gasteiger partial charge is 1.00 e. The second-order valence-electron chi connectivity index (χ2n) is 8.00. The summed E-state index contributed by atoms with van der Waals surface area (Å²) in [5, 5.41) is 27.9. The molecule has 0 aromatic carbocycles. The summed E-state index contributed by atoms with van der Waals surface area (Å²) in [5.74, 6) is 0. The van der Waals surface area contributed by atoms with E-state index in [0.717, 1.165) is 13.0 Å². The molecule has 0 spiro atoms. The van der Waals surface area contributed by atoms with Gasteiger partial charge in [-0.25, -0.2) is 0 Å². The van der Waals surface area contributed by atoms with Gasteiger partial charge in [0.25, 0.3) is 0 Å². The molecule has 0 bridgehead atoms. The average Bonchev–Trinajstić information content (AvgIpc) is 2.63. The molecule has 0 aromatic heterocycles. The predicted molar refractivity (Wildman–Crippen MR) is 111 cm³/mol. The second-order valence-corrected chi connectivity index (χ2v) is 8.00. The maximum atomic E-state index is 9.29. The summed E-state index contributed by atoms with van der Waals surface area (Å²) in [5.41, 5.74) is 0. The van der Waals surface area contributed by atoms with E-state index in [1.807, 2.05) is 0 Å². The van der Waals surface area contributed by atoms with Gasteiger partial charge >= 0.3 is 0 Å². The third kappa shape index (κ3) is 17.9. The Kier molecular flexibility index (Phi) is 24.4. The highest BCUT2D eigenvalue weighted by Gasteiger charge is 2.25. The molecule has 0 radical (unpaired) electrons. The number of aliphatic hydroxyl groups excluding tert-OH is 3. The van der Waals surface area contributed by atoms with Crippen LogP contribution in [0.15, 0.2) is 0 Å². The number of halogens is 1. The first-order valence-corrected chi connectivity index (χ1v) is 11.4. The minimum absolute atomic E-state index is 0. The molecule has 3 N–H and O–H groups in total. The van der Waals surface area contributed by atoms with Crippen molar-refractivity contribution in [3.63, 3.8) is 0 Å². The van der Waals surface area contributed by atoms with Gasteiger partial charge in [-0.15, -0.1) is 0 Å². The lowest BCUT2D eigenvalue weighted by Crippen LogP contribution is -3.00. The highest BCUT2D eigenvalue weighted by molar-refractivity contribution is 4.51. The summed E-state index contributed by atoms with van der Waals surface area (Å²) in [4.78, 5) is 0. The van der Waals surface area contributed by atoms with Gasteiger partial charge in [-0.3, -0.25) is 0 Å². The fraction of sp³-hybridized carbons (Fsp3) is 1.00. The Morgan fingerprint density at radius 2 is 0.741 bits per heavy atom. The second kappa shape index (κ2) is 22.4. The Labute approximate surface area is 175 Å². The van der Waals surface area contributed by atoms with Crippen molar-refractivity contribution in [1.82, 2.24) is 0 Å². The highest BCUT2D eigenvalue weighted by atomic mass is 35.5. The van der Waals surface area contributed by atoms with Crippen LogP contribution in [0.1, 0.15) is 96.8 Å².